The second-order valence-electron chi connectivity index (χ2n) is 5.98. The molecule has 128 valence electrons. The first-order valence-corrected chi connectivity index (χ1v) is 7.80. The molecule has 6 nitrogen and oxygen atoms in total. The first-order chi connectivity index (χ1) is 12.0. The number of aryl methyl sites for hydroxylation is 1. The van der Waals surface area contributed by atoms with Crippen molar-refractivity contribution in [1.29, 1.82) is 0 Å². The van der Waals surface area contributed by atoms with Crippen LogP contribution >= 0.6 is 0 Å². The van der Waals surface area contributed by atoms with Gasteiger partial charge in [0, 0.05) is 12.4 Å². The number of nitrogens with zero attached hydrogens (tertiary/aromatic N) is 1. The maximum absolute atomic E-state index is 13.1. The summed E-state index contributed by atoms with van der Waals surface area (Å²) in [7, 11) is 0. The average molecular weight is 341 g/mol. The molecule has 1 aliphatic rings. The molecule has 0 bridgehead atoms. The minimum Gasteiger partial charge on any atom is -0.277 e. The highest BCUT2D eigenvalue weighted by atomic mass is 19.1. The lowest BCUT2D eigenvalue weighted by atomic mass is 9.74. The Morgan fingerprint density at radius 1 is 0.880 bits per heavy atom. The van der Waals surface area contributed by atoms with E-state index in [4.69, 9.17) is 0 Å². The predicted octanol–water partition coefficient (Wildman–Crippen LogP) is 1.75. The number of barbiturate groups is 1. The fourth-order valence-corrected chi connectivity index (χ4v) is 2.91. The van der Waals surface area contributed by atoms with Gasteiger partial charge in [-0.3, -0.25) is 25.2 Å². The Kier molecular flexibility index (Phi) is 4.56. The Hall–Kier alpha value is -3.09. The van der Waals surface area contributed by atoms with E-state index >= 15 is 0 Å². The van der Waals surface area contributed by atoms with Gasteiger partial charge in [0.05, 0.1) is 0 Å². The molecule has 25 heavy (non-hydrogen) atoms. The zero-order valence-corrected chi connectivity index (χ0v) is 13.3. The van der Waals surface area contributed by atoms with E-state index in [1.807, 2.05) is 0 Å². The first kappa shape index (κ1) is 16.8. The topological polar surface area (TPSA) is 88.2 Å². The monoisotopic (exact) mass is 341 g/mol. The highest BCUT2D eigenvalue weighted by Gasteiger charge is 2.49. The number of nitrogens with one attached hydrogen (secondary N) is 2. The third kappa shape index (κ3) is 3.55. The average Bonchev–Trinajstić information content (AvgIpc) is 2.60. The molecular formula is C18H16FN3O3. The normalized spacial score (nSPS) is 16.3. The van der Waals surface area contributed by atoms with Crippen molar-refractivity contribution in [1.82, 2.24) is 15.6 Å². The van der Waals surface area contributed by atoms with Crippen LogP contribution in [-0.4, -0.2) is 22.8 Å². The number of carbonyl (C=O) groups is 3. The quantitative estimate of drug-likeness (QED) is 0.811. The van der Waals surface area contributed by atoms with Crippen molar-refractivity contribution in [2.45, 2.75) is 19.3 Å². The van der Waals surface area contributed by atoms with Gasteiger partial charge in [0.2, 0.25) is 11.8 Å². The van der Waals surface area contributed by atoms with Crippen molar-refractivity contribution in [2.75, 3.05) is 0 Å². The van der Waals surface area contributed by atoms with Gasteiger partial charge < -0.3 is 0 Å². The maximum atomic E-state index is 13.1. The van der Waals surface area contributed by atoms with Crippen molar-refractivity contribution < 1.29 is 18.8 Å². The molecule has 1 aromatic carbocycles. The van der Waals surface area contributed by atoms with Crippen molar-refractivity contribution >= 4 is 17.8 Å². The summed E-state index contributed by atoms with van der Waals surface area (Å²) in [5.41, 5.74) is 0.122. The number of rotatable bonds is 5. The number of urea groups is 1. The minimum atomic E-state index is -1.44. The van der Waals surface area contributed by atoms with Crippen LogP contribution in [0.2, 0.25) is 0 Å². The standard InChI is InChI=1S/C18H16FN3O3/c19-14-3-1-13(2-4-14)11-18(8-5-12-6-9-20-10-7-12)15(23)21-17(25)22-16(18)24/h1-4,6-7,9-10H,5,8,11H2,(H2,21,22,23,24,25). The maximum Gasteiger partial charge on any atom is 0.328 e. The molecule has 0 aliphatic carbocycles. The summed E-state index contributed by atoms with van der Waals surface area (Å²) in [6.45, 7) is 0. The molecule has 1 aromatic heterocycles. The van der Waals surface area contributed by atoms with E-state index in [1.54, 1.807) is 24.5 Å². The molecule has 3 rings (SSSR count). The van der Waals surface area contributed by atoms with Gasteiger partial charge in [-0.05, 0) is 54.7 Å². The Bertz CT molecular complexity index is 786. The molecule has 0 unspecified atom stereocenters. The van der Waals surface area contributed by atoms with Crippen molar-refractivity contribution in [3.8, 4) is 0 Å². The van der Waals surface area contributed by atoms with Gasteiger partial charge in [-0.2, -0.15) is 0 Å². The third-order valence-electron chi connectivity index (χ3n) is 4.33. The van der Waals surface area contributed by atoms with Crippen LogP contribution in [0.4, 0.5) is 9.18 Å². The number of pyridine rings is 1. The van der Waals surface area contributed by atoms with Gasteiger partial charge in [-0.15, -0.1) is 0 Å². The number of hydrogen-bond acceptors (Lipinski definition) is 4. The van der Waals surface area contributed by atoms with Gasteiger partial charge in [-0.25, -0.2) is 9.18 Å². The van der Waals surface area contributed by atoms with E-state index < -0.39 is 29.1 Å². The van der Waals surface area contributed by atoms with E-state index in [0.717, 1.165) is 5.56 Å². The van der Waals surface area contributed by atoms with E-state index in [9.17, 15) is 18.8 Å². The molecule has 7 heteroatoms. The fraction of sp³-hybridized carbons (Fsp3) is 0.222. The zero-order valence-electron chi connectivity index (χ0n) is 13.3. The van der Waals surface area contributed by atoms with Gasteiger partial charge in [-0.1, -0.05) is 12.1 Å². The number of carbonyl (C=O) groups excluding carboxylic acids is 3. The van der Waals surface area contributed by atoms with Gasteiger partial charge in [0.15, 0.2) is 0 Å². The fourth-order valence-electron chi connectivity index (χ4n) is 2.91. The van der Waals surface area contributed by atoms with Crippen molar-refractivity contribution in [3.63, 3.8) is 0 Å². The lowest BCUT2D eigenvalue weighted by Gasteiger charge is -2.34. The van der Waals surface area contributed by atoms with Crippen molar-refractivity contribution in [3.05, 3.63) is 65.7 Å². The van der Waals surface area contributed by atoms with Crippen molar-refractivity contribution in [2.24, 2.45) is 5.41 Å². The number of hydrogen-bond donors (Lipinski definition) is 2. The molecule has 0 spiro atoms. The second kappa shape index (κ2) is 6.80. The molecule has 1 fully saturated rings. The highest BCUT2D eigenvalue weighted by molar-refractivity contribution is 6.19. The van der Waals surface area contributed by atoms with Crippen LogP contribution in [0.1, 0.15) is 17.5 Å². The summed E-state index contributed by atoms with van der Waals surface area (Å²) in [6, 6.07) is 8.38. The Labute approximate surface area is 143 Å². The van der Waals surface area contributed by atoms with Crippen LogP contribution in [0.3, 0.4) is 0 Å². The van der Waals surface area contributed by atoms with E-state index in [2.05, 4.69) is 15.6 Å². The van der Waals surface area contributed by atoms with Crippen LogP contribution in [0.5, 0.6) is 0 Å². The zero-order chi connectivity index (χ0) is 17.9. The minimum absolute atomic E-state index is 0.0727. The lowest BCUT2D eigenvalue weighted by molar-refractivity contribution is -0.144. The smallest absolute Gasteiger partial charge is 0.277 e. The molecule has 1 saturated heterocycles. The van der Waals surface area contributed by atoms with E-state index in [1.165, 1.54) is 24.3 Å². The summed E-state index contributed by atoms with van der Waals surface area (Å²) in [4.78, 5) is 40.5. The van der Waals surface area contributed by atoms with Crippen LogP contribution in [0.15, 0.2) is 48.8 Å². The van der Waals surface area contributed by atoms with Crippen LogP contribution in [0.25, 0.3) is 0 Å². The molecular weight excluding hydrogens is 325 g/mol. The Morgan fingerprint density at radius 3 is 2.08 bits per heavy atom. The molecule has 2 heterocycles. The highest BCUT2D eigenvalue weighted by Crippen LogP contribution is 2.32. The number of aromatic nitrogens is 1. The first-order valence-electron chi connectivity index (χ1n) is 7.80. The SMILES string of the molecule is O=C1NC(=O)C(CCc2ccncc2)(Cc2ccc(F)cc2)C(=O)N1. The summed E-state index contributed by atoms with van der Waals surface area (Å²) in [5.74, 6) is -1.68. The van der Waals surface area contributed by atoms with Gasteiger partial charge >= 0.3 is 6.03 Å². The molecule has 0 radical (unpaired) electrons. The summed E-state index contributed by atoms with van der Waals surface area (Å²) in [6.07, 6.45) is 4.00. The third-order valence-corrected chi connectivity index (χ3v) is 4.33. The number of amides is 4. The number of imide groups is 2. The van der Waals surface area contributed by atoms with Gasteiger partial charge in [0.1, 0.15) is 11.2 Å². The molecule has 2 aromatic rings. The summed E-state index contributed by atoms with van der Waals surface area (Å²) in [5, 5.41) is 4.34. The summed E-state index contributed by atoms with van der Waals surface area (Å²) >= 11 is 0. The van der Waals surface area contributed by atoms with Crippen LogP contribution < -0.4 is 10.6 Å². The lowest BCUT2D eigenvalue weighted by Crippen LogP contribution is -2.63. The second-order valence-corrected chi connectivity index (χ2v) is 5.98. The molecule has 2 N–H and O–H groups in total. The largest absolute Gasteiger partial charge is 0.328 e. The predicted molar refractivity (Wildman–Crippen MR) is 86.8 cm³/mol. The van der Waals surface area contributed by atoms with Crippen LogP contribution in [0, 0.1) is 11.2 Å². The summed E-state index contributed by atoms with van der Waals surface area (Å²) < 4.78 is 13.1. The Balaban J connectivity index is 1.90. The Morgan fingerprint density at radius 2 is 1.48 bits per heavy atom. The van der Waals surface area contributed by atoms with E-state index in [0.29, 0.717) is 12.0 Å². The number of benzene rings is 1. The molecule has 1 aliphatic heterocycles. The molecule has 4 amide bonds. The molecule has 0 saturated carbocycles. The molecule has 0 atom stereocenters. The van der Waals surface area contributed by atoms with Gasteiger partial charge in [0.25, 0.3) is 0 Å². The van der Waals surface area contributed by atoms with Crippen LogP contribution in [-0.2, 0) is 22.4 Å². The number of halogens is 1. The van der Waals surface area contributed by atoms with E-state index in [-0.39, 0.29) is 12.8 Å².